The first-order valence-electron chi connectivity index (χ1n) is 8.50. The number of sulfonamides is 1. The van der Waals surface area contributed by atoms with E-state index in [1.165, 1.54) is 18.2 Å². The second kappa shape index (κ2) is 10.2. The molecule has 0 aliphatic rings. The average Bonchev–Trinajstić information content (AvgIpc) is 2.61. The normalized spacial score (nSPS) is 12.6. The van der Waals surface area contributed by atoms with Gasteiger partial charge in [-0.3, -0.25) is 4.79 Å². The van der Waals surface area contributed by atoms with Crippen molar-refractivity contribution in [3.63, 3.8) is 0 Å². The third-order valence-electron chi connectivity index (χ3n) is 4.01. The Balaban J connectivity index is 2.30. The monoisotopic (exact) mass is 493 g/mol. The standard InChI is InChI=1S/C19H18Cl3NO4S2/c1-11(2-5-14(28)10-19(24)25)23-29(26,27)18-7-4-13(21)9-16(18)15-8-12(20)3-6-17(15)22/h3-4,6-9,11,23H,2,5,10H2,1H3,(H,24,25)/t11-/m1/s1. The Hall–Kier alpha value is -1.22. The summed E-state index contributed by atoms with van der Waals surface area (Å²) in [6, 6.07) is 8.68. The zero-order valence-electron chi connectivity index (χ0n) is 15.3. The fraction of sp³-hybridized carbons (Fsp3) is 0.263. The van der Waals surface area contributed by atoms with Crippen molar-refractivity contribution in [3.8, 4) is 11.1 Å². The Bertz CT molecular complexity index is 1040. The van der Waals surface area contributed by atoms with Crippen LogP contribution in [0.5, 0.6) is 0 Å². The maximum Gasteiger partial charge on any atom is 0.308 e. The summed E-state index contributed by atoms with van der Waals surface area (Å²) < 4.78 is 28.6. The van der Waals surface area contributed by atoms with Crippen molar-refractivity contribution in [1.29, 1.82) is 0 Å². The van der Waals surface area contributed by atoms with Gasteiger partial charge in [0.25, 0.3) is 0 Å². The molecule has 10 heteroatoms. The van der Waals surface area contributed by atoms with Gasteiger partial charge in [0, 0.05) is 37.1 Å². The zero-order chi connectivity index (χ0) is 21.8. The summed E-state index contributed by atoms with van der Waals surface area (Å²) in [5.74, 6) is -1.01. The van der Waals surface area contributed by atoms with Gasteiger partial charge in [-0.25, -0.2) is 13.1 Å². The Labute approximate surface area is 190 Å². The van der Waals surface area contributed by atoms with Crippen LogP contribution in [0.25, 0.3) is 11.1 Å². The molecule has 0 fully saturated rings. The molecule has 0 radical (unpaired) electrons. The molecule has 0 bridgehead atoms. The summed E-state index contributed by atoms with van der Waals surface area (Å²) in [7, 11) is -3.93. The topological polar surface area (TPSA) is 83.5 Å². The maximum absolute atomic E-state index is 13.0. The number of carboxylic acid groups (broad SMARTS) is 1. The molecule has 0 saturated heterocycles. The van der Waals surface area contributed by atoms with E-state index in [4.69, 9.17) is 52.1 Å². The quantitative estimate of drug-likeness (QED) is 0.443. The van der Waals surface area contributed by atoms with Crippen LogP contribution in [-0.2, 0) is 14.8 Å². The lowest BCUT2D eigenvalue weighted by Gasteiger charge is -2.17. The molecule has 0 aliphatic heterocycles. The van der Waals surface area contributed by atoms with Crippen molar-refractivity contribution in [3.05, 3.63) is 51.5 Å². The van der Waals surface area contributed by atoms with Gasteiger partial charge in [0.05, 0.1) is 11.3 Å². The highest BCUT2D eigenvalue weighted by Crippen LogP contribution is 2.36. The molecule has 2 aromatic rings. The lowest BCUT2D eigenvalue weighted by Crippen LogP contribution is -2.33. The second-order valence-electron chi connectivity index (χ2n) is 6.43. The largest absolute Gasteiger partial charge is 0.481 e. The van der Waals surface area contributed by atoms with Crippen molar-refractivity contribution < 1.29 is 18.3 Å². The number of benzene rings is 2. The predicted octanol–water partition coefficient (Wildman–Crippen LogP) is 5.61. The molecule has 29 heavy (non-hydrogen) atoms. The number of halogens is 3. The van der Waals surface area contributed by atoms with E-state index < -0.39 is 22.0 Å². The molecule has 156 valence electrons. The third-order valence-corrected chi connectivity index (χ3v) is 6.81. The number of carboxylic acids is 1. The van der Waals surface area contributed by atoms with Gasteiger partial charge >= 0.3 is 5.97 Å². The van der Waals surface area contributed by atoms with Gasteiger partial charge in [-0.15, -0.1) is 0 Å². The minimum absolute atomic E-state index is 0.00558. The molecule has 2 N–H and O–H groups in total. The van der Waals surface area contributed by atoms with Crippen LogP contribution in [0.1, 0.15) is 26.2 Å². The summed E-state index contributed by atoms with van der Waals surface area (Å²) >= 11 is 23.4. The number of rotatable bonds is 9. The molecule has 0 heterocycles. The van der Waals surface area contributed by atoms with E-state index in [9.17, 15) is 13.2 Å². The fourth-order valence-corrected chi connectivity index (χ4v) is 4.96. The van der Waals surface area contributed by atoms with Crippen LogP contribution < -0.4 is 4.72 Å². The highest BCUT2D eigenvalue weighted by Gasteiger charge is 2.23. The third kappa shape index (κ3) is 6.91. The van der Waals surface area contributed by atoms with Crippen LogP contribution in [0, 0.1) is 0 Å². The number of aliphatic carboxylic acids is 1. The molecular formula is C19H18Cl3NO4S2. The molecule has 0 aromatic heterocycles. The van der Waals surface area contributed by atoms with Crippen LogP contribution in [-0.4, -0.2) is 30.4 Å². The van der Waals surface area contributed by atoms with Crippen LogP contribution in [0.2, 0.25) is 15.1 Å². The maximum atomic E-state index is 13.0. The number of nitrogens with one attached hydrogen (secondary N) is 1. The van der Waals surface area contributed by atoms with Crippen molar-refractivity contribution in [2.75, 3.05) is 0 Å². The van der Waals surface area contributed by atoms with Crippen molar-refractivity contribution in [2.45, 2.75) is 37.1 Å². The SMILES string of the molecule is C[C@H](CCC(=S)CC(=O)O)NS(=O)(=O)c1ccc(Cl)cc1-c1cc(Cl)ccc1Cl. The molecule has 2 aromatic carbocycles. The molecule has 0 saturated carbocycles. The predicted molar refractivity (Wildman–Crippen MR) is 121 cm³/mol. The van der Waals surface area contributed by atoms with Crippen LogP contribution in [0.3, 0.4) is 0 Å². The second-order valence-corrected chi connectivity index (χ2v) is 9.97. The molecule has 0 aliphatic carbocycles. The summed E-state index contributed by atoms with van der Waals surface area (Å²) in [4.78, 5) is 11.1. The molecule has 0 amide bonds. The van der Waals surface area contributed by atoms with Crippen molar-refractivity contribution in [1.82, 2.24) is 4.72 Å². The molecule has 0 unspecified atom stereocenters. The van der Waals surface area contributed by atoms with E-state index >= 15 is 0 Å². The summed E-state index contributed by atoms with van der Waals surface area (Å²) in [5, 5.41) is 9.84. The van der Waals surface area contributed by atoms with Crippen molar-refractivity contribution >= 4 is 67.9 Å². The van der Waals surface area contributed by atoms with Gasteiger partial charge in [0.15, 0.2) is 0 Å². The van der Waals surface area contributed by atoms with Gasteiger partial charge in [-0.2, -0.15) is 0 Å². The fourth-order valence-electron chi connectivity index (χ4n) is 2.67. The minimum atomic E-state index is -3.93. The minimum Gasteiger partial charge on any atom is -0.481 e. The Morgan fingerprint density at radius 2 is 1.69 bits per heavy atom. The smallest absolute Gasteiger partial charge is 0.308 e. The van der Waals surface area contributed by atoms with Gasteiger partial charge in [0.1, 0.15) is 0 Å². The van der Waals surface area contributed by atoms with E-state index in [1.807, 2.05) is 0 Å². The number of carbonyl (C=O) groups is 1. The van der Waals surface area contributed by atoms with E-state index in [2.05, 4.69) is 4.72 Å². The van der Waals surface area contributed by atoms with Gasteiger partial charge in [0.2, 0.25) is 10.0 Å². The zero-order valence-corrected chi connectivity index (χ0v) is 19.2. The Morgan fingerprint density at radius 3 is 2.31 bits per heavy atom. The summed E-state index contributed by atoms with van der Waals surface area (Å²) in [5.41, 5.74) is 0.767. The first-order chi connectivity index (χ1) is 13.5. The Kier molecular flexibility index (Phi) is 8.46. The van der Waals surface area contributed by atoms with E-state index in [1.54, 1.807) is 25.1 Å². The first-order valence-corrected chi connectivity index (χ1v) is 11.5. The van der Waals surface area contributed by atoms with Crippen LogP contribution in [0.4, 0.5) is 0 Å². The Morgan fingerprint density at radius 1 is 1.10 bits per heavy atom. The lowest BCUT2D eigenvalue weighted by molar-refractivity contribution is -0.135. The molecular weight excluding hydrogens is 477 g/mol. The molecule has 2 rings (SSSR count). The van der Waals surface area contributed by atoms with E-state index in [0.717, 1.165) is 0 Å². The average molecular weight is 495 g/mol. The van der Waals surface area contributed by atoms with Gasteiger partial charge in [-0.05, 0) is 56.2 Å². The number of hydrogen-bond acceptors (Lipinski definition) is 4. The molecule has 1 atom stereocenters. The van der Waals surface area contributed by atoms with E-state index in [-0.39, 0.29) is 11.3 Å². The van der Waals surface area contributed by atoms with Crippen LogP contribution in [0.15, 0.2) is 41.3 Å². The highest BCUT2D eigenvalue weighted by atomic mass is 35.5. The van der Waals surface area contributed by atoms with Gasteiger partial charge in [-0.1, -0.05) is 47.0 Å². The number of hydrogen-bond donors (Lipinski definition) is 2. The first kappa shape index (κ1) is 24.1. The van der Waals surface area contributed by atoms with Gasteiger partial charge < -0.3 is 5.11 Å². The lowest BCUT2D eigenvalue weighted by atomic mass is 10.1. The molecule has 0 spiro atoms. The molecule has 5 nitrogen and oxygen atoms in total. The van der Waals surface area contributed by atoms with Crippen LogP contribution >= 0.6 is 47.0 Å². The van der Waals surface area contributed by atoms with E-state index in [0.29, 0.717) is 43.9 Å². The summed E-state index contributed by atoms with van der Waals surface area (Å²) in [6.07, 6.45) is 0.467. The summed E-state index contributed by atoms with van der Waals surface area (Å²) in [6.45, 7) is 1.68. The number of thiocarbonyl (C=S) groups is 1. The van der Waals surface area contributed by atoms with Crippen molar-refractivity contribution in [2.24, 2.45) is 0 Å². The highest BCUT2D eigenvalue weighted by molar-refractivity contribution is 7.89.